The summed E-state index contributed by atoms with van der Waals surface area (Å²) in [6.45, 7) is 3.08. The molecule has 4 aromatic rings. The van der Waals surface area contributed by atoms with Gasteiger partial charge >= 0.3 is 11.8 Å². The van der Waals surface area contributed by atoms with E-state index in [4.69, 9.17) is 4.74 Å². The maximum absolute atomic E-state index is 13.6. The van der Waals surface area contributed by atoms with Crippen molar-refractivity contribution < 1.29 is 19.0 Å². The van der Waals surface area contributed by atoms with Gasteiger partial charge in [0.1, 0.15) is 12.4 Å². The fourth-order valence-corrected chi connectivity index (χ4v) is 6.06. The van der Waals surface area contributed by atoms with Crippen molar-refractivity contribution in [2.75, 3.05) is 18.8 Å². The van der Waals surface area contributed by atoms with Crippen molar-refractivity contribution >= 4 is 28.8 Å². The van der Waals surface area contributed by atoms with E-state index in [2.05, 4.69) is 9.97 Å². The summed E-state index contributed by atoms with van der Waals surface area (Å²) in [6, 6.07) is 17.2. The van der Waals surface area contributed by atoms with Crippen LogP contribution in [0.2, 0.25) is 0 Å². The smallest absolute Gasteiger partial charge is 0.410 e. The Morgan fingerprint density at radius 2 is 1.85 bits per heavy atom. The lowest BCUT2D eigenvalue weighted by atomic mass is 9.94. The van der Waals surface area contributed by atoms with E-state index in [0.29, 0.717) is 41.1 Å². The number of benzene rings is 3. The van der Waals surface area contributed by atoms with Gasteiger partial charge in [-0.3, -0.25) is 9.78 Å². The van der Waals surface area contributed by atoms with Crippen molar-refractivity contribution in [1.82, 2.24) is 14.9 Å². The van der Waals surface area contributed by atoms with Gasteiger partial charge in [0, 0.05) is 29.3 Å². The first-order chi connectivity index (χ1) is 18.8. The molecule has 1 aliphatic heterocycles. The van der Waals surface area contributed by atoms with Crippen LogP contribution in [0.25, 0.3) is 22.0 Å². The van der Waals surface area contributed by atoms with Crippen LogP contribution >= 0.6 is 11.8 Å². The summed E-state index contributed by atoms with van der Waals surface area (Å²) in [5.74, 6) is 0.0693. The van der Waals surface area contributed by atoms with Gasteiger partial charge in [-0.2, -0.15) is 0 Å². The van der Waals surface area contributed by atoms with E-state index in [9.17, 15) is 23.9 Å². The van der Waals surface area contributed by atoms with Crippen molar-refractivity contribution in [1.29, 1.82) is 0 Å². The zero-order valence-corrected chi connectivity index (χ0v) is 22.1. The fourth-order valence-electron chi connectivity index (χ4n) is 4.84. The molecule has 0 saturated carbocycles. The summed E-state index contributed by atoms with van der Waals surface area (Å²) >= 11 is 1.33. The zero-order valence-electron chi connectivity index (χ0n) is 21.3. The van der Waals surface area contributed by atoms with Crippen LogP contribution in [-0.2, 0) is 11.3 Å². The van der Waals surface area contributed by atoms with Gasteiger partial charge in [-0.15, -0.1) is 11.8 Å². The van der Waals surface area contributed by atoms with Gasteiger partial charge in [0.15, 0.2) is 0 Å². The minimum absolute atomic E-state index is 0.137. The number of ether oxygens (including phenoxy) is 1. The monoisotopic (exact) mass is 549 g/mol. The molecule has 0 spiro atoms. The number of hydrogen-bond donors (Lipinski definition) is 3. The first kappa shape index (κ1) is 26.7. The number of halogens is 1. The normalized spacial score (nSPS) is 14.3. The lowest BCUT2D eigenvalue weighted by Crippen LogP contribution is -2.51. The summed E-state index contributed by atoms with van der Waals surface area (Å²) in [5, 5.41) is 11.2. The van der Waals surface area contributed by atoms with Crippen LogP contribution in [0.3, 0.4) is 0 Å². The number of carbonyl (C=O) groups is 1. The molecular weight excluding hydrogens is 521 g/mol. The van der Waals surface area contributed by atoms with E-state index in [0.717, 1.165) is 22.3 Å². The molecule has 0 bridgehead atoms. The van der Waals surface area contributed by atoms with Crippen LogP contribution in [0, 0.1) is 18.7 Å². The Morgan fingerprint density at radius 3 is 2.56 bits per heavy atom. The Labute approximate surface area is 227 Å². The first-order valence-electron chi connectivity index (χ1n) is 12.6. The molecule has 3 N–H and O–H groups in total. The third-order valence-electron chi connectivity index (χ3n) is 6.77. The van der Waals surface area contributed by atoms with Crippen LogP contribution < -0.4 is 11.2 Å². The van der Waals surface area contributed by atoms with Crippen LogP contribution in [0.4, 0.5) is 9.18 Å². The molecule has 1 saturated heterocycles. The van der Waals surface area contributed by atoms with Crippen molar-refractivity contribution in [2.24, 2.45) is 5.92 Å². The molecule has 1 amide bonds. The highest BCUT2D eigenvalue weighted by atomic mass is 32.2. The molecule has 1 aliphatic rings. The predicted molar refractivity (Wildman–Crippen MR) is 148 cm³/mol. The number of fused-ring (bicyclic) bond motifs is 1. The Morgan fingerprint density at radius 1 is 1.13 bits per heavy atom. The highest BCUT2D eigenvalue weighted by Gasteiger charge is 2.33. The van der Waals surface area contributed by atoms with Gasteiger partial charge in [0.2, 0.25) is 0 Å². The standard InChI is InChI=1S/C29H28FN3O5S/c1-17-11-23-25(31-28(36)32-27(23)35)26(24(17)20-7-9-21(30)10-8-20)39-16-22(34)12-19-13-33(14-19)29(37)38-15-18-5-3-2-4-6-18/h2-11,19,22,34H,12-16H2,1H3,(H2,31,32,35,36)/t22-/m1/s1. The number of aliphatic hydroxyl groups is 1. The van der Waals surface area contributed by atoms with Gasteiger partial charge in [0.05, 0.1) is 17.0 Å². The lowest BCUT2D eigenvalue weighted by Gasteiger charge is -2.39. The molecule has 202 valence electrons. The SMILES string of the molecule is Cc1cc2c(=O)[nH]c(=O)[nH]c2c(SC[C@H](O)CC2CN(C(=O)OCc3ccccc3)C2)c1-c1ccc(F)cc1. The largest absolute Gasteiger partial charge is 0.445 e. The number of aromatic amines is 2. The molecule has 2 heterocycles. The van der Waals surface area contributed by atoms with E-state index in [1.165, 1.54) is 23.9 Å². The van der Waals surface area contributed by atoms with Crippen LogP contribution in [-0.4, -0.2) is 51.0 Å². The minimum atomic E-state index is -0.687. The number of amides is 1. The molecule has 10 heteroatoms. The number of nitrogens with zero attached hydrogens (tertiary/aromatic N) is 1. The Bertz CT molecular complexity index is 1600. The summed E-state index contributed by atoms with van der Waals surface area (Å²) in [6.07, 6.45) is -0.571. The minimum Gasteiger partial charge on any atom is -0.445 e. The van der Waals surface area contributed by atoms with E-state index in [1.807, 2.05) is 37.3 Å². The van der Waals surface area contributed by atoms with Crippen molar-refractivity contribution in [3.63, 3.8) is 0 Å². The number of H-pyrrole nitrogens is 2. The van der Waals surface area contributed by atoms with Gasteiger partial charge in [-0.05, 0) is 54.2 Å². The van der Waals surface area contributed by atoms with E-state index < -0.39 is 17.4 Å². The third-order valence-corrected chi connectivity index (χ3v) is 8.02. The molecule has 0 unspecified atom stereocenters. The van der Waals surface area contributed by atoms with Crippen LogP contribution in [0.15, 0.2) is 75.1 Å². The van der Waals surface area contributed by atoms with Gasteiger partial charge < -0.3 is 19.7 Å². The summed E-state index contributed by atoms with van der Waals surface area (Å²) < 4.78 is 19.0. The second-order valence-electron chi connectivity index (χ2n) is 9.75. The second-order valence-corrected chi connectivity index (χ2v) is 10.8. The van der Waals surface area contributed by atoms with Crippen molar-refractivity contribution in [3.05, 3.63) is 98.4 Å². The number of aryl methyl sites for hydroxylation is 1. The predicted octanol–water partition coefficient (Wildman–Crippen LogP) is 4.44. The van der Waals surface area contributed by atoms with E-state index in [1.54, 1.807) is 23.1 Å². The Balaban J connectivity index is 1.26. The van der Waals surface area contributed by atoms with Gasteiger partial charge in [-0.1, -0.05) is 42.5 Å². The fraction of sp³-hybridized carbons (Fsp3) is 0.276. The van der Waals surface area contributed by atoms with E-state index >= 15 is 0 Å². The highest BCUT2D eigenvalue weighted by Crippen LogP contribution is 2.39. The molecule has 8 nitrogen and oxygen atoms in total. The highest BCUT2D eigenvalue weighted by molar-refractivity contribution is 7.99. The second kappa shape index (κ2) is 11.5. The van der Waals surface area contributed by atoms with Gasteiger partial charge in [-0.25, -0.2) is 14.0 Å². The number of carbonyl (C=O) groups excluding carboxylic acids is 1. The van der Waals surface area contributed by atoms with Crippen LogP contribution in [0.1, 0.15) is 17.5 Å². The lowest BCUT2D eigenvalue weighted by molar-refractivity contribution is 0.0325. The number of rotatable bonds is 8. The quantitative estimate of drug-likeness (QED) is 0.280. The summed E-state index contributed by atoms with van der Waals surface area (Å²) in [7, 11) is 0. The molecule has 0 radical (unpaired) electrons. The molecule has 39 heavy (non-hydrogen) atoms. The summed E-state index contributed by atoms with van der Waals surface area (Å²) in [4.78, 5) is 44.2. The molecule has 1 fully saturated rings. The third kappa shape index (κ3) is 6.07. The average Bonchev–Trinajstić information content (AvgIpc) is 2.89. The van der Waals surface area contributed by atoms with Gasteiger partial charge in [0.25, 0.3) is 5.56 Å². The van der Waals surface area contributed by atoms with Crippen LogP contribution in [0.5, 0.6) is 0 Å². The number of nitrogens with one attached hydrogen (secondary N) is 2. The number of thioether (sulfide) groups is 1. The molecule has 3 aromatic carbocycles. The number of aliphatic hydroxyl groups excluding tert-OH is 1. The van der Waals surface area contributed by atoms with Crippen molar-refractivity contribution in [3.8, 4) is 11.1 Å². The Kier molecular flexibility index (Phi) is 7.85. The molecule has 1 atom stereocenters. The summed E-state index contributed by atoms with van der Waals surface area (Å²) in [5.41, 5.74) is 2.45. The molecule has 0 aliphatic carbocycles. The van der Waals surface area contributed by atoms with E-state index in [-0.39, 0.29) is 24.4 Å². The number of hydrogen-bond acceptors (Lipinski definition) is 6. The number of likely N-dealkylation sites (tertiary alicyclic amines) is 1. The average molecular weight is 550 g/mol. The number of aromatic nitrogens is 2. The zero-order chi connectivity index (χ0) is 27.5. The maximum Gasteiger partial charge on any atom is 0.410 e. The van der Waals surface area contributed by atoms with Crippen molar-refractivity contribution in [2.45, 2.75) is 31.0 Å². The first-order valence-corrected chi connectivity index (χ1v) is 13.6. The molecule has 5 rings (SSSR count). The Hall–Kier alpha value is -3.89. The maximum atomic E-state index is 13.6. The topological polar surface area (TPSA) is 115 Å². The molecule has 1 aromatic heterocycles. The molecular formula is C29H28FN3O5S.